The molecule has 0 saturated heterocycles. The molecule has 0 saturated carbocycles. The lowest BCUT2D eigenvalue weighted by Gasteiger charge is -2.13. The molecule has 1 aromatic heterocycles. The fraction of sp³-hybridized carbons (Fsp3) is 0.250. The minimum absolute atomic E-state index is 0.0898. The molecule has 0 amide bonds. The molecule has 64 valence electrons. The zero-order valence-corrected chi connectivity index (χ0v) is 6.99. The summed E-state index contributed by atoms with van der Waals surface area (Å²) in [5, 5.41) is 0. The number of nitrogens with zero attached hydrogens (tertiary/aromatic N) is 2. The van der Waals surface area contributed by atoms with E-state index >= 15 is 0 Å². The van der Waals surface area contributed by atoms with Gasteiger partial charge in [-0.15, -0.1) is 0 Å². The van der Waals surface area contributed by atoms with Gasteiger partial charge in [-0.2, -0.15) is 0 Å². The van der Waals surface area contributed by atoms with E-state index in [-0.39, 0.29) is 6.04 Å². The molecule has 4 heteroatoms. The van der Waals surface area contributed by atoms with E-state index in [2.05, 4.69) is 22.0 Å². The monoisotopic (exact) mass is 164 g/mol. The van der Waals surface area contributed by atoms with Crippen LogP contribution in [0.1, 0.15) is 18.7 Å². The van der Waals surface area contributed by atoms with E-state index < -0.39 is 0 Å². The van der Waals surface area contributed by atoms with Crippen molar-refractivity contribution in [3.8, 4) is 0 Å². The van der Waals surface area contributed by atoms with E-state index in [1.54, 1.807) is 12.3 Å². The van der Waals surface area contributed by atoms with Crippen LogP contribution in [0.5, 0.6) is 0 Å². The van der Waals surface area contributed by atoms with Crippen LogP contribution >= 0.6 is 0 Å². The van der Waals surface area contributed by atoms with Crippen LogP contribution in [-0.4, -0.2) is 9.97 Å². The molecule has 0 aliphatic heterocycles. The minimum atomic E-state index is -0.0898. The molecular weight excluding hydrogens is 152 g/mol. The first-order valence-electron chi connectivity index (χ1n) is 3.63. The molecule has 0 aromatic carbocycles. The Balaban J connectivity index is 2.88. The molecule has 0 spiro atoms. The summed E-state index contributed by atoms with van der Waals surface area (Å²) >= 11 is 0. The third-order valence-electron chi connectivity index (χ3n) is 1.56. The number of aromatic nitrogens is 2. The van der Waals surface area contributed by atoms with Gasteiger partial charge < -0.3 is 0 Å². The molecule has 4 nitrogen and oxygen atoms in total. The second-order valence-corrected chi connectivity index (χ2v) is 2.58. The zero-order chi connectivity index (χ0) is 8.97. The van der Waals surface area contributed by atoms with Gasteiger partial charge in [-0.25, -0.2) is 15.4 Å². The molecule has 0 aliphatic carbocycles. The molecule has 0 fully saturated rings. The molecule has 1 heterocycles. The predicted molar refractivity (Wildman–Crippen MR) is 46.9 cm³/mol. The van der Waals surface area contributed by atoms with Crippen LogP contribution < -0.4 is 11.3 Å². The first-order valence-corrected chi connectivity index (χ1v) is 3.63. The Bertz CT molecular complexity index is 257. The van der Waals surface area contributed by atoms with Gasteiger partial charge in [0, 0.05) is 6.20 Å². The summed E-state index contributed by atoms with van der Waals surface area (Å²) in [6.45, 7) is 5.70. The minimum Gasteiger partial charge on any atom is -0.271 e. The van der Waals surface area contributed by atoms with E-state index in [4.69, 9.17) is 5.84 Å². The summed E-state index contributed by atoms with van der Waals surface area (Å²) < 4.78 is 0. The van der Waals surface area contributed by atoms with E-state index in [9.17, 15) is 0 Å². The smallest absolute Gasteiger partial charge is 0.115 e. The molecule has 0 radical (unpaired) electrons. The number of nitrogens with one attached hydrogen (secondary N) is 1. The highest BCUT2D eigenvalue weighted by molar-refractivity contribution is 5.16. The lowest BCUT2D eigenvalue weighted by atomic mass is 10.1. The molecule has 1 unspecified atom stereocenters. The Morgan fingerprint density at radius 3 is 2.92 bits per heavy atom. The van der Waals surface area contributed by atoms with Crippen LogP contribution in [0.4, 0.5) is 0 Å². The maximum absolute atomic E-state index is 5.33. The van der Waals surface area contributed by atoms with Crippen LogP contribution in [0.2, 0.25) is 0 Å². The lowest BCUT2D eigenvalue weighted by Crippen LogP contribution is -2.29. The Kier molecular flexibility index (Phi) is 2.90. The van der Waals surface area contributed by atoms with Crippen molar-refractivity contribution in [3.63, 3.8) is 0 Å². The summed E-state index contributed by atoms with van der Waals surface area (Å²) in [5.74, 6) is 5.33. The molecule has 1 atom stereocenters. The highest BCUT2D eigenvalue weighted by Crippen LogP contribution is 2.14. The van der Waals surface area contributed by atoms with Crippen LogP contribution in [0, 0.1) is 0 Å². The van der Waals surface area contributed by atoms with Crippen molar-refractivity contribution in [3.05, 3.63) is 36.4 Å². The van der Waals surface area contributed by atoms with Gasteiger partial charge in [0.2, 0.25) is 0 Å². The lowest BCUT2D eigenvalue weighted by molar-refractivity contribution is 0.609. The Morgan fingerprint density at radius 1 is 1.75 bits per heavy atom. The third kappa shape index (κ3) is 1.87. The molecule has 0 aliphatic rings. The Hall–Kier alpha value is -1.26. The number of rotatable bonds is 3. The fourth-order valence-electron chi connectivity index (χ4n) is 0.952. The van der Waals surface area contributed by atoms with Crippen molar-refractivity contribution in [2.45, 2.75) is 13.0 Å². The third-order valence-corrected chi connectivity index (χ3v) is 1.56. The molecule has 3 N–H and O–H groups in total. The maximum Gasteiger partial charge on any atom is 0.115 e. The van der Waals surface area contributed by atoms with Crippen LogP contribution in [-0.2, 0) is 0 Å². The SMILES string of the molecule is C=C(C)C(NN)c1ccncn1. The van der Waals surface area contributed by atoms with Gasteiger partial charge in [-0.05, 0) is 13.0 Å². The Morgan fingerprint density at radius 2 is 2.50 bits per heavy atom. The summed E-state index contributed by atoms with van der Waals surface area (Å²) in [4.78, 5) is 7.87. The van der Waals surface area contributed by atoms with Crippen LogP contribution in [0.15, 0.2) is 30.7 Å². The first kappa shape index (κ1) is 8.83. The van der Waals surface area contributed by atoms with Gasteiger partial charge in [-0.3, -0.25) is 5.84 Å². The van der Waals surface area contributed by atoms with Gasteiger partial charge in [-0.1, -0.05) is 12.2 Å². The highest BCUT2D eigenvalue weighted by Gasteiger charge is 2.09. The summed E-state index contributed by atoms with van der Waals surface area (Å²) in [6.07, 6.45) is 3.16. The van der Waals surface area contributed by atoms with Gasteiger partial charge in [0.05, 0.1) is 11.7 Å². The van der Waals surface area contributed by atoms with Crippen molar-refractivity contribution >= 4 is 0 Å². The molecule has 0 bridgehead atoms. The molecule has 1 aromatic rings. The second kappa shape index (κ2) is 3.94. The Labute approximate surface area is 71.5 Å². The van der Waals surface area contributed by atoms with E-state index in [1.807, 2.05) is 6.92 Å². The van der Waals surface area contributed by atoms with Gasteiger partial charge in [0.15, 0.2) is 0 Å². The molecular formula is C8H12N4. The van der Waals surface area contributed by atoms with Crippen molar-refractivity contribution in [1.82, 2.24) is 15.4 Å². The maximum atomic E-state index is 5.33. The van der Waals surface area contributed by atoms with Gasteiger partial charge in [0.25, 0.3) is 0 Å². The van der Waals surface area contributed by atoms with Crippen molar-refractivity contribution < 1.29 is 0 Å². The second-order valence-electron chi connectivity index (χ2n) is 2.58. The van der Waals surface area contributed by atoms with E-state index in [1.165, 1.54) is 6.33 Å². The topological polar surface area (TPSA) is 63.8 Å². The highest BCUT2D eigenvalue weighted by atomic mass is 15.2. The predicted octanol–water partition coefficient (Wildman–Crippen LogP) is 0.557. The first-order chi connectivity index (χ1) is 5.75. The summed E-state index contributed by atoms with van der Waals surface area (Å²) in [6, 6.07) is 1.71. The van der Waals surface area contributed by atoms with Gasteiger partial charge in [0.1, 0.15) is 6.33 Å². The molecule has 1 rings (SSSR count). The van der Waals surface area contributed by atoms with Crippen molar-refractivity contribution in [2.24, 2.45) is 5.84 Å². The summed E-state index contributed by atoms with van der Waals surface area (Å²) in [7, 11) is 0. The number of hydrogen-bond donors (Lipinski definition) is 2. The van der Waals surface area contributed by atoms with E-state index in [0.29, 0.717) is 0 Å². The number of hydrazine groups is 1. The number of hydrogen-bond acceptors (Lipinski definition) is 4. The van der Waals surface area contributed by atoms with E-state index in [0.717, 1.165) is 11.3 Å². The average molecular weight is 164 g/mol. The van der Waals surface area contributed by atoms with Crippen molar-refractivity contribution in [1.29, 1.82) is 0 Å². The molecule has 12 heavy (non-hydrogen) atoms. The van der Waals surface area contributed by atoms with Gasteiger partial charge >= 0.3 is 0 Å². The largest absolute Gasteiger partial charge is 0.271 e. The zero-order valence-electron chi connectivity index (χ0n) is 6.99. The number of nitrogens with two attached hydrogens (primary N) is 1. The average Bonchev–Trinajstić information content (AvgIpc) is 2.07. The quantitative estimate of drug-likeness (QED) is 0.389. The van der Waals surface area contributed by atoms with Crippen molar-refractivity contribution in [2.75, 3.05) is 0 Å². The fourth-order valence-corrected chi connectivity index (χ4v) is 0.952. The standard InChI is InChI=1S/C8H12N4/c1-6(2)8(12-9)7-3-4-10-5-11-7/h3-5,8,12H,1,9H2,2H3. The summed E-state index contributed by atoms with van der Waals surface area (Å²) in [5.41, 5.74) is 4.39. The normalized spacial score (nSPS) is 12.5. The van der Waals surface area contributed by atoms with Crippen LogP contribution in [0.25, 0.3) is 0 Å². The van der Waals surface area contributed by atoms with Crippen LogP contribution in [0.3, 0.4) is 0 Å².